The van der Waals surface area contributed by atoms with E-state index in [1.54, 1.807) is 13.0 Å². The fourth-order valence-corrected chi connectivity index (χ4v) is 1.12. The van der Waals surface area contributed by atoms with Crippen LogP contribution in [-0.2, 0) is 19.1 Å². The Morgan fingerprint density at radius 2 is 1.41 bits per heavy atom. The van der Waals surface area contributed by atoms with Crippen LogP contribution in [0, 0.1) is 0 Å². The summed E-state index contributed by atoms with van der Waals surface area (Å²) >= 11 is 0. The minimum absolute atomic E-state index is 0.0869. The zero-order valence-electron chi connectivity index (χ0n) is 11.2. The first kappa shape index (κ1) is 15.2. The fourth-order valence-electron chi connectivity index (χ4n) is 1.12. The highest BCUT2D eigenvalue weighted by Crippen LogP contribution is 2.12. The van der Waals surface area contributed by atoms with Crippen molar-refractivity contribution < 1.29 is 19.1 Å². The van der Waals surface area contributed by atoms with E-state index in [0.717, 1.165) is 5.70 Å². The molecule has 0 N–H and O–H groups in total. The first-order chi connectivity index (χ1) is 7.84. The van der Waals surface area contributed by atoms with E-state index in [1.165, 1.54) is 14.2 Å². The number of carbonyl (C=O) groups is 2. The van der Waals surface area contributed by atoms with Gasteiger partial charge in [-0.05, 0) is 25.5 Å². The number of methoxy groups -OCH3 is 2. The van der Waals surface area contributed by atoms with Crippen LogP contribution >= 0.6 is 0 Å². The van der Waals surface area contributed by atoms with Gasteiger partial charge in [-0.1, -0.05) is 0 Å². The Morgan fingerprint density at radius 1 is 1.00 bits per heavy atom. The van der Waals surface area contributed by atoms with E-state index < -0.39 is 11.9 Å². The van der Waals surface area contributed by atoms with E-state index in [-0.39, 0.29) is 5.57 Å². The summed E-state index contributed by atoms with van der Waals surface area (Å²) in [6.45, 7) is 3.53. The predicted octanol–water partition coefficient (Wildman–Crippen LogP) is 1.11. The Kier molecular flexibility index (Phi) is 6.02. The van der Waals surface area contributed by atoms with Gasteiger partial charge in [-0.3, -0.25) is 0 Å². The minimum atomic E-state index is -0.697. The smallest absolute Gasteiger partial charge is 0.345 e. The molecule has 0 atom stereocenters. The maximum atomic E-state index is 11.5. The van der Waals surface area contributed by atoms with E-state index in [2.05, 4.69) is 9.47 Å². The van der Waals surface area contributed by atoms with Gasteiger partial charge in [-0.2, -0.15) is 0 Å². The van der Waals surface area contributed by atoms with Crippen molar-refractivity contribution in [3.8, 4) is 0 Å². The van der Waals surface area contributed by atoms with Gasteiger partial charge in [0, 0.05) is 19.8 Å². The maximum Gasteiger partial charge on any atom is 0.345 e. The standard InChI is InChI=1S/C12H19NO4/c1-8(7-9(2)13(3)4)10(11(14)16-5)12(15)17-6/h7H,1-6H3. The van der Waals surface area contributed by atoms with E-state index in [1.807, 2.05) is 25.9 Å². The highest BCUT2D eigenvalue weighted by molar-refractivity contribution is 6.15. The molecule has 0 aromatic rings. The summed E-state index contributed by atoms with van der Waals surface area (Å²) in [4.78, 5) is 24.8. The number of rotatable bonds is 4. The van der Waals surface area contributed by atoms with Gasteiger partial charge in [0.15, 0.2) is 0 Å². The van der Waals surface area contributed by atoms with Crippen molar-refractivity contribution >= 4 is 11.9 Å². The molecule has 0 saturated heterocycles. The van der Waals surface area contributed by atoms with Gasteiger partial charge in [-0.25, -0.2) is 9.59 Å². The molecule has 0 aromatic carbocycles. The third-order valence-corrected chi connectivity index (χ3v) is 2.30. The van der Waals surface area contributed by atoms with Gasteiger partial charge >= 0.3 is 11.9 Å². The molecule has 17 heavy (non-hydrogen) atoms. The molecule has 0 bridgehead atoms. The summed E-state index contributed by atoms with van der Waals surface area (Å²) < 4.78 is 9.12. The summed E-state index contributed by atoms with van der Waals surface area (Å²) in [5, 5.41) is 0. The molecule has 0 amide bonds. The maximum absolute atomic E-state index is 11.5. The molecule has 5 heteroatoms. The van der Waals surface area contributed by atoms with Gasteiger partial charge < -0.3 is 14.4 Å². The van der Waals surface area contributed by atoms with Crippen LogP contribution in [0.5, 0.6) is 0 Å². The third kappa shape index (κ3) is 4.30. The molecule has 0 rings (SSSR count). The Hall–Kier alpha value is -1.78. The van der Waals surface area contributed by atoms with Crippen LogP contribution in [0.4, 0.5) is 0 Å². The van der Waals surface area contributed by atoms with Crippen molar-refractivity contribution in [2.45, 2.75) is 13.8 Å². The Balaban J connectivity index is 5.47. The minimum Gasteiger partial charge on any atom is -0.465 e. The van der Waals surface area contributed by atoms with Gasteiger partial charge in [0.25, 0.3) is 0 Å². The number of allylic oxidation sites excluding steroid dienone is 3. The molecule has 0 fully saturated rings. The van der Waals surface area contributed by atoms with Crippen LogP contribution < -0.4 is 0 Å². The molecule has 0 aliphatic rings. The summed E-state index contributed by atoms with van der Waals surface area (Å²) in [5.74, 6) is -1.39. The van der Waals surface area contributed by atoms with Crippen molar-refractivity contribution in [2.24, 2.45) is 0 Å². The molecule has 0 saturated carbocycles. The Bertz CT molecular complexity index is 349. The largest absolute Gasteiger partial charge is 0.465 e. The average molecular weight is 241 g/mol. The second kappa shape index (κ2) is 6.73. The van der Waals surface area contributed by atoms with Crippen molar-refractivity contribution in [1.29, 1.82) is 0 Å². The molecule has 0 unspecified atom stereocenters. The number of esters is 2. The zero-order valence-corrected chi connectivity index (χ0v) is 11.2. The quantitative estimate of drug-likeness (QED) is 0.243. The zero-order chi connectivity index (χ0) is 13.6. The molecule has 5 nitrogen and oxygen atoms in total. The molecule has 0 aliphatic carbocycles. The van der Waals surface area contributed by atoms with Gasteiger partial charge in [0.2, 0.25) is 0 Å². The van der Waals surface area contributed by atoms with Crippen LogP contribution in [0.3, 0.4) is 0 Å². The summed E-state index contributed by atoms with van der Waals surface area (Å²) in [6, 6.07) is 0. The number of hydrogen-bond donors (Lipinski definition) is 0. The van der Waals surface area contributed by atoms with E-state index in [4.69, 9.17) is 0 Å². The second-order valence-electron chi connectivity index (χ2n) is 3.72. The van der Waals surface area contributed by atoms with E-state index in [0.29, 0.717) is 5.57 Å². The van der Waals surface area contributed by atoms with Gasteiger partial charge in [0.1, 0.15) is 5.57 Å². The van der Waals surface area contributed by atoms with Crippen LogP contribution in [0.1, 0.15) is 13.8 Å². The lowest BCUT2D eigenvalue weighted by molar-refractivity contribution is -0.144. The number of nitrogens with zero attached hydrogens (tertiary/aromatic N) is 1. The molecule has 0 aromatic heterocycles. The number of ether oxygens (including phenoxy) is 2. The fraction of sp³-hybridized carbons (Fsp3) is 0.500. The number of hydrogen-bond acceptors (Lipinski definition) is 5. The first-order valence-electron chi connectivity index (χ1n) is 5.08. The third-order valence-electron chi connectivity index (χ3n) is 2.30. The molecular formula is C12H19NO4. The van der Waals surface area contributed by atoms with Crippen LogP contribution in [0.15, 0.2) is 22.9 Å². The number of carbonyl (C=O) groups excluding carboxylic acids is 2. The lowest BCUT2D eigenvalue weighted by atomic mass is 10.1. The van der Waals surface area contributed by atoms with Crippen LogP contribution in [-0.4, -0.2) is 45.2 Å². The van der Waals surface area contributed by atoms with E-state index in [9.17, 15) is 9.59 Å². The predicted molar refractivity (Wildman–Crippen MR) is 64.2 cm³/mol. The van der Waals surface area contributed by atoms with E-state index >= 15 is 0 Å². The summed E-state index contributed by atoms with van der Waals surface area (Å²) in [5.41, 5.74) is 1.33. The van der Waals surface area contributed by atoms with Gasteiger partial charge in [0.05, 0.1) is 14.2 Å². The van der Waals surface area contributed by atoms with Crippen molar-refractivity contribution in [3.05, 3.63) is 22.9 Å². The molecule has 96 valence electrons. The van der Waals surface area contributed by atoms with Crippen molar-refractivity contribution in [2.75, 3.05) is 28.3 Å². The van der Waals surface area contributed by atoms with Gasteiger partial charge in [-0.15, -0.1) is 0 Å². The highest BCUT2D eigenvalue weighted by atomic mass is 16.5. The highest BCUT2D eigenvalue weighted by Gasteiger charge is 2.22. The normalized spacial score (nSPS) is 10.6. The first-order valence-corrected chi connectivity index (χ1v) is 5.08. The molecule has 0 heterocycles. The topological polar surface area (TPSA) is 55.8 Å². The molecule has 0 spiro atoms. The molecular weight excluding hydrogens is 222 g/mol. The monoisotopic (exact) mass is 241 g/mol. The Morgan fingerprint density at radius 3 is 1.71 bits per heavy atom. The van der Waals surface area contributed by atoms with Crippen molar-refractivity contribution in [3.63, 3.8) is 0 Å². The molecule has 0 radical (unpaired) electrons. The lowest BCUT2D eigenvalue weighted by Crippen LogP contribution is -2.18. The van der Waals surface area contributed by atoms with Crippen LogP contribution in [0.2, 0.25) is 0 Å². The summed E-state index contributed by atoms with van der Waals surface area (Å²) in [6.07, 6.45) is 1.73. The second-order valence-corrected chi connectivity index (χ2v) is 3.72. The lowest BCUT2D eigenvalue weighted by Gasteiger charge is -2.13. The van der Waals surface area contributed by atoms with Crippen LogP contribution in [0.25, 0.3) is 0 Å². The average Bonchev–Trinajstić information content (AvgIpc) is 2.28. The SMILES string of the molecule is COC(=O)C(C(=O)OC)=C(C)C=C(C)N(C)C. The van der Waals surface area contributed by atoms with Crippen molar-refractivity contribution in [1.82, 2.24) is 4.90 Å². The Labute approximate surface area is 102 Å². The summed E-state index contributed by atoms with van der Waals surface area (Å²) in [7, 11) is 6.19. The molecule has 0 aliphatic heterocycles.